The summed E-state index contributed by atoms with van der Waals surface area (Å²) < 4.78 is 0. The molecule has 2 saturated carbocycles. The first-order valence-electron chi connectivity index (χ1n) is 7.18. The lowest BCUT2D eigenvalue weighted by molar-refractivity contribution is 0.109. The van der Waals surface area contributed by atoms with E-state index in [9.17, 15) is 0 Å². The highest BCUT2D eigenvalue weighted by Crippen LogP contribution is 2.48. The summed E-state index contributed by atoms with van der Waals surface area (Å²) in [7, 11) is 0. The number of hydrogen-bond acceptors (Lipinski definition) is 2. The van der Waals surface area contributed by atoms with Crippen LogP contribution in [-0.2, 0) is 0 Å². The van der Waals surface area contributed by atoms with Crippen LogP contribution in [0.3, 0.4) is 0 Å². The number of likely N-dealkylation sites (tertiary alicyclic amines) is 1. The second-order valence-electron chi connectivity index (χ2n) is 6.36. The molecule has 1 heterocycles. The predicted molar refractivity (Wildman–Crippen MR) is 65.2 cm³/mol. The van der Waals surface area contributed by atoms with Crippen molar-refractivity contribution in [3.05, 3.63) is 0 Å². The van der Waals surface area contributed by atoms with Gasteiger partial charge >= 0.3 is 0 Å². The molecule has 0 aromatic heterocycles. The van der Waals surface area contributed by atoms with Crippen molar-refractivity contribution < 1.29 is 5.11 Å². The summed E-state index contributed by atoms with van der Waals surface area (Å²) in [6.07, 6.45) is 8.53. The van der Waals surface area contributed by atoms with E-state index in [-0.39, 0.29) is 0 Å². The molecule has 0 spiro atoms. The summed E-state index contributed by atoms with van der Waals surface area (Å²) in [6.45, 7) is 4.24. The van der Waals surface area contributed by atoms with Crippen LogP contribution in [0.25, 0.3) is 0 Å². The van der Waals surface area contributed by atoms with Gasteiger partial charge < -0.3 is 10.0 Å². The molecule has 92 valence electrons. The summed E-state index contributed by atoms with van der Waals surface area (Å²) in [5.41, 5.74) is 0. The van der Waals surface area contributed by atoms with E-state index in [0.717, 1.165) is 17.8 Å². The Kier molecular flexibility index (Phi) is 3.21. The van der Waals surface area contributed by atoms with Gasteiger partial charge in [0.25, 0.3) is 0 Å². The molecule has 3 atom stereocenters. The van der Waals surface area contributed by atoms with Gasteiger partial charge in [0.1, 0.15) is 0 Å². The average molecular weight is 223 g/mol. The van der Waals surface area contributed by atoms with E-state index in [1.807, 2.05) is 0 Å². The van der Waals surface area contributed by atoms with Crippen LogP contribution in [0.1, 0.15) is 38.5 Å². The second kappa shape index (κ2) is 4.66. The molecular formula is C14H25NO. The summed E-state index contributed by atoms with van der Waals surface area (Å²) in [5, 5.41) is 9.13. The fraction of sp³-hybridized carbons (Fsp3) is 1.00. The molecular weight excluding hydrogens is 198 g/mol. The summed E-state index contributed by atoms with van der Waals surface area (Å²) in [5.74, 6) is 3.77. The molecule has 0 radical (unpaired) electrons. The Morgan fingerprint density at radius 1 is 1.00 bits per heavy atom. The molecule has 3 rings (SSSR count). The van der Waals surface area contributed by atoms with Crippen molar-refractivity contribution in [2.75, 3.05) is 26.2 Å². The molecule has 1 N–H and O–H groups in total. The number of aliphatic hydroxyl groups excluding tert-OH is 1. The Morgan fingerprint density at radius 3 is 2.38 bits per heavy atom. The topological polar surface area (TPSA) is 23.5 Å². The minimum absolute atomic E-state index is 0.405. The van der Waals surface area contributed by atoms with Gasteiger partial charge in [-0.2, -0.15) is 0 Å². The molecule has 3 unspecified atom stereocenters. The normalized spacial score (nSPS) is 40.7. The largest absolute Gasteiger partial charge is 0.396 e. The fourth-order valence-corrected chi connectivity index (χ4v) is 4.28. The Hall–Kier alpha value is -0.0800. The van der Waals surface area contributed by atoms with E-state index >= 15 is 0 Å². The number of fused-ring (bicyclic) bond motifs is 2. The highest BCUT2D eigenvalue weighted by Gasteiger charge is 2.40. The van der Waals surface area contributed by atoms with Gasteiger partial charge in [0.05, 0.1) is 0 Å². The number of hydrogen-bond donors (Lipinski definition) is 1. The van der Waals surface area contributed by atoms with Gasteiger partial charge in [-0.15, -0.1) is 0 Å². The van der Waals surface area contributed by atoms with Gasteiger partial charge in [-0.05, 0) is 68.9 Å². The monoisotopic (exact) mass is 223 g/mol. The molecule has 3 aliphatic rings. The zero-order valence-corrected chi connectivity index (χ0v) is 10.3. The maximum Gasteiger partial charge on any atom is 0.0460 e. The zero-order chi connectivity index (χ0) is 11.0. The van der Waals surface area contributed by atoms with Crippen LogP contribution in [0.15, 0.2) is 0 Å². The predicted octanol–water partition coefficient (Wildman–Crippen LogP) is 2.13. The molecule has 2 heteroatoms. The summed E-state index contributed by atoms with van der Waals surface area (Å²) >= 11 is 0. The third kappa shape index (κ3) is 2.14. The molecule has 2 bridgehead atoms. The molecule has 0 aromatic rings. The highest BCUT2D eigenvalue weighted by molar-refractivity contribution is 4.91. The van der Waals surface area contributed by atoms with Gasteiger partial charge in [-0.25, -0.2) is 0 Å². The van der Waals surface area contributed by atoms with Crippen LogP contribution in [0.4, 0.5) is 0 Å². The van der Waals surface area contributed by atoms with Crippen molar-refractivity contribution in [3.63, 3.8) is 0 Å². The lowest BCUT2D eigenvalue weighted by atomic mass is 9.87. The molecule has 1 saturated heterocycles. The molecule has 16 heavy (non-hydrogen) atoms. The number of piperidine rings is 1. The fourth-order valence-electron chi connectivity index (χ4n) is 4.28. The first kappa shape index (κ1) is 11.0. The quantitative estimate of drug-likeness (QED) is 0.792. The van der Waals surface area contributed by atoms with Crippen LogP contribution < -0.4 is 0 Å². The molecule has 2 aliphatic carbocycles. The average Bonchev–Trinajstić information content (AvgIpc) is 2.92. The molecule has 0 amide bonds. The van der Waals surface area contributed by atoms with Gasteiger partial charge in [-0.3, -0.25) is 0 Å². The summed E-state index contributed by atoms with van der Waals surface area (Å²) in [6, 6.07) is 0. The zero-order valence-electron chi connectivity index (χ0n) is 10.3. The van der Waals surface area contributed by atoms with E-state index in [1.54, 1.807) is 0 Å². The highest BCUT2D eigenvalue weighted by atomic mass is 16.3. The number of nitrogens with zero attached hydrogens (tertiary/aromatic N) is 1. The van der Waals surface area contributed by atoms with E-state index in [2.05, 4.69) is 4.90 Å². The van der Waals surface area contributed by atoms with Crippen LogP contribution in [0.5, 0.6) is 0 Å². The second-order valence-corrected chi connectivity index (χ2v) is 6.36. The standard InChI is InChI=1S/C14H25NO/c16-10-11-3-5-15(6-4-11)9-14-8-12-1-2-13(14)7-12/h11-14,16H,1-10H2. The Morgan fingerprint density at radius 2 is 1.81 bits per heavy atom. The molecule has 2 nitrogen and oxygen atoms in total. The van der Waals surface area contributed by atoms with Crippen molar-refractivity contribution in [2.24, 2.45) is 23.7 Å². The van der Waals surface area contributed by atoms with Crippen molar-refractivity contribution in [1.29, 1.82) is 0 Å². The summed E-state index contributed by atoms with van der Waals surface area (Å²) in [4.78, 5) is 2.66. The third-order valence-electron chi connectivity index (χ3n) is 5.34. The van der Waals surface area contributed by atoms with E-state index in [0.29, 0.717) is 12.5 Å². The minimum Gasteiger partial charge on any atom is -0.396 e. The van der Waals surface area contributed by atoms with Crippen molar-refractivity contribution in [3.8, 4) is 0 Å². The van der Waals surface area contributed by atoms with E-state index in [4.69, 9.17) is 5.11 Å². The van der Waals surface area contributed by atoms with Crippen molar-refractivity contribution >= 4 is 0 Å². The van der Waals surface area contributed by atoms with Gasteiger partial charge in [0.15, 0.2) is 0 Å². The first-order chi connectivity index (χ1) is 7.85. The van der Waals surface area contributed by atoms with Gasteiger partial charge in [0.2, 0.25) is 0 Å². The lowest BCUT2D eigenvalue weighted by Crippen LogP contribution is -2.39. The van der Waals surface area contributed by atoms with Gasteiger partial charge in [-0.1, -0.05) is 6.42 Å². The van der Waals surface area contributed by atoms with Crippen molar-refractivity contribution in [1.82, 2.24) is 4.90 Å². The minimum atomic E-state index is 0.405. The van der Waals surface area contributed by atoms with E-state index in [1.165, 1.54) is 58.2 Å². The van der Waals surface area contributed by atoms with Crippen LogP contribution in [0, 0.1) is 23.7 Å². The van der Waals surface area contributed by atoms with Crippen LogP contribution in [-0.4, -0.2) is 36.2 Å². The smallest absolute Gasteiger partial charge is 0.0460 e. The van der Waals surface area contributed by atoms with Gasteiger partial charge in [0, 0.05) is 13.2 Å². The van der Waals surface area contributed by atoms with E-state index < -0.39 is 0 Å². The third-order valence-corrected chi connectivity index (χ3v) is 5.34. The van der Waals surface area contributed by atoms with Crippen LogP contribution in [0.2, 0.25) is 0 Å². The Balaban J connectivity index is 1.46. The first-order valence-corrected chi connectivity index (χ1v) is 7.18. The SMILES string of the molecule is OCC1CCN(CC2CC3CCC2C3)CC1. The Bertz CT molecular complexity index is 235. The number of rotatable bonds is 3. The lowest BCUT2D eigenvalue weighted by Gasteiger charge is -2.34. The molecule has 3 fully saturated rings. The van der Waals surface area contributed by atoms with Crippen molar-refractivity contribution in [2.45, 2.75) is 38.5 Å². The maximum atomic E-state index is 9.13. The Labute approximate surface area is 99.0 Å². The maximum absolute atomic E-state index is 9.13. The number of aliphatic hydroxyl groups is 1. The molecule has 1 aliphatic heterocycles. The van der Waals surface area contributed by atoms with Crippen LogP contribution >= 0.6 is 0 Å². The molecule has 0 aromatic carbocycles.